The summed E-state index contributed by atoms with van der Waals surface area (Å²) >= 11 is 1.78. The van der Waals surface area contributed by atoms with E-state index in [9.17, 15) is 4.79 Å². The van der Waals surface area contributed by atoms with Crippen LogP contribution in [0.3, 0.4) is 0 Å². The molecule has 1 N–H and O–H groups in total. The largest absolute Gasteiger partial charge is 0.355 e. The third-order valence-corrected chi connectivity index (χ3v) is 6.85. The minimum atomic E-state index is -0.637. The van der Waals surface area contributed by atoms with Crippen molar-refractivity contribution in [2.75, 3.05) is 6.54 Å². The standard InChI is InChI=1S/C26H27NOS/c1-2-19-27-25(28)26(18-10-13-20-11-4-3-5-12-20)21-14-6-8-16-23(21)29-24-17-9-7-15-22(24)26/h3-9,11-12,14-17H,2,10,13,18-19H2,1H3,(H,27,28). The van der Waals surface area contributed by atoms with Crippen molar-refractivity contribution in [3.05, 3.63) is 95.6 Å². The maximum atomic E-state index is 13.7. The van der Waals surface area contributed by atoms with E-state index < -0.39 is 5.41 Å². The van der Waals surface area contributed by atoms with Gasteiger partial charge in [0.1, 0.15) is 5.41 Å². The molecule has 1 amide bonds. The Morgan fingerprint density at radius 2 is 1.45 bits per heavy atom. The van der Waals surface area contributed by atoms with Crippen molar-refractivity contribution in [1.82, 2.24) is 5.32 Å². The van der Waals surface area contributed by atoms with Gasteiger partial charge in [0.25, 0.3) is 0 Å². The third kappa shape index (κ3) is 3.84. The lowest BCUT2D eigenvalue weighted by molar-refractivity contribution is -0.125. The molecule has 148 valence electrons. The second-order valence-corrected chi connectivity index (χ2v) is 8.68. The molecule has 29 heavy (non-hydrogen) atoms. The van der Waals surface area contributed by atoms with E-state index in [4.69, 9.17) is 0 Å². The van der Waals surface area contributed by atoms with Gasteiger partial charge in [0, 0.05) is 16.3 Å². The lowest BCUT2D eigenvalue weighted by atomic mass is 9.69. The number of carbonyl (C=O) groups is 1. The van der Waals surface area contributed by atoms with Gasteiger partial charge in [-0.15, -0.1) is 0 Å². The lowest BCUT2D eigenvalue weighted by Crippen LogP contribution is -2.47. The van der Waals surface area contributed by atoms with E-state index >= 15 is 0 Å². The van der Waals surface area contributed by atoms with Gasteiger partial charge in [-0.1, -0.05) is 85.4 Å². The zero-order valence-electron chi connectivity index (χ0n) is 16.9. The van der Waals surface area contributed by atoms with Gasteiger partial charge in [-0.2, -0.15) is 0 Å². The predicted octanol–water partition coefficient (Wildman–Crippen LogP) is 5.99. The Kier molecular flexibility index (Phi) is 6.05. The quantitative estimate of drug-likeness (QED) is 0.527. The summed E-state index contributed by atoms with van der Waals surface area (Å²) in [6, 6.07) is 27.4. The van der Waals surface area contributed by atoms with Gasteiger partial charge in [-0.05, 0) is 54.5 Å². The molecule has 0 fully saturated rings. The minimum absolute atomic E-state index is 0.132. The van der Waals surface area contributed by atoms with Gasteiger partial charge < -0.3 is 5.32 Å². The van der Waals surface area contributed by atoms with Crippen LogP contribution >= 0.6 is 11.8 Å². The lowest BCUT2D eigenvalue weighted by Gasteiger charge is -2.39. The van der Waals surface area contributed by atoms with E-state index in [-0.39, 0.29) is 5.91 Å². The molecule has 0 saturated heterocycles. The number of amides is 1. The van der Waals surface area contributed by atoms with Gasteiger partial charge in [0.15, 0.2) is 0 Å². The van der Waals surface area contributed by atoms with Gasteiger partial charge in [0.2, 0.25) is 5.91 Å². The topological polar surface area (TPSA) is 29.1 Å². The normalized spacial score (nSPS) is 14.0. The first-order valence-corrected chi connectivity index (χ1v) is 11.3. The molecule has 1 aliphatic heterocycles. The molecule has 0 saturated carbocycles. The number of fused-ring (bicyclic) bond motifs is 2. The van der Waals surface area contributed by atoms with Crippen LogP contribution in [0.15, 0.2) is 88.7 Å². The highest BCUT2D eigenvalue weighted by Gasteiger charge is 2.46. The maximum Gasteiger partial charge on any atom is 0.235 e. The summed E-state index contributed by atoms with van der Waals surface area (Å²) < 4.78 is 0. The van der Waals surface area contributed by atoms with Crippen molar-refractivity contribution >= 4 is 17.7 Å². The van der Waals surface area contributed by atoms with Crippen LogP contribution in [0.4, 0.5) is 0 Å². The average Bonchev–Trinajstić information content (AvgIpc) is 2.77. The first kappa shape index (κ1) is 19.8. The summed E-state index contributed by atoms with van der Waals surface area (Å²) in [6.45, 7) is 2.80. The van der Waals surface area contributed by atoms with Gasteiger partial charge in [-0.3, -0.25) is 4.79 Å². The highest BCUT2D eigenvalue weighted by Crippen LogP contribution is 2.51. The molecule has 0 aromatic heterocycles. The number of hydrogen-bond donors (Lipinski definition) is 1. The molecule has 3 aromatic rings. The van der Waals surface area contributed by atoms with Crippen molar-refractivity contribution in [2.24, 2.45) is 0 Å². The Labute approximate surface area is 177 Å². The van der Waals surface area contributed by atoms with E-state index in [1.54, 1.807) is 11.8 Å². The Balaban J connectivity index is 1.76. The van der Waals surface area contributed by atoms with Crippen molar-refractivity contribution in [3.63, 3.8) is 0 Å². The highest BCUT2D eigenvalue weighted by molar-refractivity contribution is 7.99. The fraction of sp³-hybridized carbons (Fsp3) is 0.269. The van der Waals surface area contributed by atoms with Crippen molar-refractivity contribution in [2.45, 2.75) is 47.8 Å². The molecule has 4 rings (SSSR count). The van der Waals surface area contributed by atoms with Crippen LogP contribution < -0.4 is 5.32 Å². The summed E-state index contributed by atoms with van der Waals surface area (Å²) in [5.41, 5.74) is 2.97. The van der Waals surface area contributed by atoms with E-state index in [1.165, 1.54) is 15.4 Å². The van der Waals surface area contributed by atoms with Gasteiger partial charge >= 0.3 is 0 Å². The first-order chi connectivity index (χ1) is 14.3. The van der Waals surface area contributed by atoms with Crippen LogP contribution in [0.2, 0.25) is 0 Å². The summed E-state index contributed by atoms with van der Waals surface area (Å²) in [4.78, 5) is 16.1. The van der Waals surface area contributed by atoms with Crippen LogP contribution in [-0.4, -0.2) is 12.5 Å². The number of benzene rings is 3. The van der Waals surface area contributed by atoms with Crippen LogP contribution in [-0.2, 0) is 16.6 Å². The molecular formula is C26H27NOS. The number of nitrogens with one attached hydrogen (secondary N) is 1. The molecular weight excluding hydrogens is 374 g/mol. The van der Waals surface area contributed by atoms with Crippen LogP contribution in [0.25, 0.3) is 0 Å². The summed E-state index contributed by atoms with van der Waals surface area (Å²) in [5.74, 6) is 0.132. The van der Waals surface area contributed by atoms with Crippen LogP contribution in [0.1, 0.15) is 42.9 Å². The molecule has 2 nitrogen and oxygen atoms in total. The molecule has 1 heterocycles. The molecule has 1 aliphatic rings. The predicted molar refractivity (Wildman–Crippen MR) is 120 cm³/mol. The van der Waals surface area contributed by atoms with E-state index in [0.717, 1.165) is 36.8 Å². The van der Waals surface area contributed by atoms with Crippen molar-refractivity contribution in [1.29, 1.82) is 0 Å². The van der Waals surface area contributed by atoms with Crippen LogP contribution in [0.5, 0.6) is 0 Å². The monoisotopic (exact) mass is 401 g/mol. The van der Waals surface area contributed by atoms with E-state index in [0.29, 0.717) is 6.54 Å². The minimum Gasteiger partial charge on any atom is -0.355 e. The molecule has 0 spiro atoms. The van der Waals surface area contributed by atoms with Crippen LogP contribution in [0, 0.1) is 0 Å². The number of hydrogen-bond acceptors (Lipinski definition) is 2. The highest BCUT2D eigenvalue weighted by atomic mass is 32.2. The Hall–Kier alpha value is -2.52. The van der Waals surface area contributed by atoms with Crippen molar-refractivity contribution < 1.29 is 4.79 Å². The zero-order valence-corrected chi connectivity index (χ0v) is 17.7. The molecule has 0 aliphatic carbocycles. The second kappa shape index (κ2) is 8.87. The molecule has 3 aromatic carbocycles. The Morgan fingerprint density at radius 1 is 0.862 bits per heavy atom. The second-order valence-electron chi connectivity index (χ2n) is 7.59. The van der Waals surface area contributed by atoms with E-state index in [1.807, 2.05) is 6.07 Å². The Morgan fingerprint density at radius 3 is 2.07 bits per heavy atom. The number of rotatable bonds is 7. The van der Waals surface area contributed by atoms with Gasteiger partial charge in [-0.25, -0.2) is 0 Å². The molecule has 0 radical (unpaired) electrons. The fourth-order valence-corrected chi connectivity index (χ4v) is 5.53. The number of aryl methyl sites for hydroxylation is 1. The molecule has 0 atom stereocenters. The van der Waals surface area contributed by atoms with Gasteiger partial charge in [0.05, 0.1) is 0 Å². The smallest absolute Gasteiger partial charge is 0.235 e. The molecule has 0 unspecified atom stereocenters. The van der Waals surface area contributed by atoms with Crippen molar-refractivity contribution in [3.8, 4) is 0 Å². The maximum absolute atomic E-state index is 13.7. The summed E-state index contributed by atoms with van der Waals surface area (Å²) in [7, 11) is 0. The number of carbonyl (C=O) groups excluding carboxylic acids is 1. The first-order valence-electron chi connectivity index (χ1n) is 10.4. The summed E-state index contributed by atoms with van der Waals surface area (Å²) in [5, 5.41) is 3.23. The average molecular weight is 402 g/mol. The van der Waals surface area contributed by atoms with E-state index in [2.05, 4.69) is 85.0 Å². The Bertz CT molecular complexity index is 937. The summed E-state index contributed by atoms with van der Waals surface area (Å²) in [6.07, 6.45) is 3.66. The third-order valence-electron chi connectivity index (χ3n) is 5.70. The fourth-order valence-electron chi connectivity index (χ4n) is 4.30. The molecule has 0 bridgehead atoms. The SMILES string of the molecule is CCCNC(=O)C1(CCCc2ccccc2)c2ccccc2Sc2ccccc21. The zero-order chi connectivity index (χ0) is 20.1. The molecule has 3 heteroatoms.